The predicted octanol–water partition coefficient (Wildman–Crippen LogP) is 2.08. The second-order valence-corrected chi connectivity index (χ2v) is 3.03. The molecule has 13 heavy (non-hydrogen) atoms. The number of rotatable bonds is 3. The van der Waals surface area contributed by atoms with Gasteiger partial charge in [0.25, 0.3) is 0 Å². The van der Waals surface area contributed by atoms with Crippen LogP contribution in [0.15, 0.2) is 18.2 Å². The van der Waals surface area contributed by atoms with E-state index in [1.165, 1.54) is 0 Å². The number of ether oxygens (including phenoxy) is 1. The van der Waals surface area contributed by atoms with Gasteiger partial charge >= 0.3 is 0 Å². The molecule has 1 heterocycles. The summed E-state index contributed by atoms with van der Waals surface area (Å²) in [5.41, 5.74) is 7.09. The average Bonchev–Trinajstić information content (AvgIpc) is 2.17. The van der Waals surface area contributed by atoms with Gasteiger partial charge in [-0.25, -0.2) is 4.98 Å². The van der Waals surface area contributed by atoms with Gasteiger partial charge in [0.15, 0.2) is 0 Å². The van der Waals surface area contributed by atoms with Crippen molar-refractivity contribution >= 4 is 27.7 Å². The number of pyridine rings is 1. The topological polar surface area (TPSA) is 48.1 Å². The number of nitrogens with two attached hydrogens (primary N) is 1. The molecule has 4 heteroatoms. The predicted molar refractivity (Wildman–Crippen MR) is 58.0 cm³/mol. The SMILES string of the molecule is COc1ccc(N)c(C=CCBr)n1. The molecule has 0 fully saturated rings. The fourth-order valence-corrected chi connectivity index (χ4v) is 1.06. The Morgan fingerprint density at radius 1 is 1.62 bits per heavy atom. The van der Waals surface area contributed by atoms with Gasteiger partial charge in [0.05, 0.1) is 18.5 Å². The van der Waals surface area contributed by atoms with Gasteiger partial charge in [0.2, 0.25) is 5.88 Å². The van der Waals surface area contributed by atoms with Crippen molar-refractivity contribution in [2.45, 2.75) is 0 Å². The molecule has 0 aliphatic heterocycles. The first kappa shape index (κ1) is 10.1. The number of hydrogen-bond acceptors (Lipinski definition) is 3. The zero-order valence-electron chi connectivity index (χ0n) is 7.33. The molecule has 1 aromatic heterocycles. The van der Waals surface area contributed by atoms with E-state index in [0.29, 0.717) is 11.6 Å². The lowest BCUT2D eigenvalue weighted by Crippen LogP contribution is -1.95. The first-order valence-corrected chi connectivity index (χ1v) is 4.93. The lowest BCUT2D eigenvalue weighted by molar-refractivity contribution is 0.398. The molecule has 0 spiro atoms. The molecule has 2 N–H and O–H groups in total. The van der Waals surface area contributed by atoms with E-state index in [2.05, 4.69) is 20.9 Å². The molecule has 0 atom stereocenters. The number of methoxy groups -OCH3 is 1. The van der Waals surface area contributed by atoms with Gasteiger partial charge in [0, 0.05) is 11.4 Å². The number of halogens is 1. The standard InChI is InChI=1S/C9H11BrN2O/c1-13-9-5-4-7(11)8(12-9)3-2-6-10/h2-5H,6,11H2,1H3. The number of aromatic nitrogens is 1. The molecule has 0 bridgehead atoms. The van der Waals surface area contributed by atoms with Gasteiger partial charge < -0.3 is 10.5 Å². The molecule has 70 valence electrons. The third-order valence-corrected chi connectivity index (χ3v) is 1.88. The van der Waals surface area contributed by atoms with E-state index in [4.69, 9.17) is 10.5 Å². The van der Waals surface area contributed by atoms with Gasteiger partial charge in [-0.05, 0) is 12.1 Å². The molecule has 0 unspecified atom stereocenters. The minimum Gasteiger partial charge on any atom is -0.481 e. The Morgan fingerprint density at radius 3 is 3.00 bits per heavy atom. The number of allylic oxidation sites excluding steroid dienone is 1. The lowest BCUT2D eigenvalue weighted by Gasteiger charge is -2.02. The van der Waals surface area contributed by atoms with E-state index >= 15 is 0 Å². The highest BCUT2D eigenvalue weighted by Gasteiger charge is 1.98. The van der Waals surface area contributed by atoms with Crippen LogP contribution in [-0.2, 0) is 0 Å². The molecule has 0 aliphatic carbocycles. The molecule has 1 rings (SSSR count). The number of alkyl halides is 1. The van der Waals surface area contributed by atoms with E-state index in [1.807, 2.05) is 12.2 Å². The fourth-order valence-electron chi connectivity index (χ4n) is 0.870. The molecule has 1 aromatic rings. The molecule has 0 saturated carbocycles. The molecule has 0 aromatic carbocycles. The molecular formula is C9H11BrN2O. The van der Waals surface area contributed by atoms with Crippen molar-refractivity contribution < 1.29 is 4.74 Å². The number of hydrogen-bond donors (Lipinski definition) is 1. The van der Waals surface area contributed by atoms with E-state index < -0.39 is 0 Å². The highest BCUT2D eigenvalue weighted by atomic mass is 79.9. The molecule has 0 saturated heterocycles. The number of anilines is 1. The van der Waals surface area contributed by atoms with Crippen molar-refractivity contribution in [2.75, 3.05) is 18.2 Å². The maximum Gasteiger partial charge on any atom is 0.213 e. The first-order chi connectivity index (χ1) is 6.27. The number of nitrogen functional groups attached to an aromatic ring is 1. The second-order valence-electron chi connectivity index (χ2n) is 2.38. The van der Waals surface area contributed by atoms with Crippen LogP contribution in [0.5, 0.6) is 5.88 Å². The summed E-state index contributed by atoms with van der Waals surface area (Å²) in [6.07, 6.45) is 3.78. The largest absolute Gasteiger partial charge is 0.481 e. The molecular weight excluding hydrogens is 232 g/mol. The summed E-state index contributed by atoms with van der Waals surface area (Å²) in [7, 11) is 1.58. The summed E-state index contributed by atoms with van der Waals surface area (Å²) < 4.78 is 4.98. The minimum atomic E-state index is 0.573. The maximum absolute atomic E-state index is 5.70. The van der Waals surface area contributed by atoms with Crippen molar-refractivity contribution in [1.29, 1.82) is 0 Å². The molecule has 0 amide bonds. The average molecular weight is 243 g/mol. The normalized spacial score (nSPS) is 10.6. The summed E-state index contributed by atoms with van der Waals surface area (Å²) in [4.78, 5) is 4.17. The number of nitrogens with zero attached hydrogens (tertiary/aromatic N) is 1. The van der Waals surface area contributed by atoms with E-state index in [-0.39, 0.29) is 0 Å². The van der Waals surface area contributed by atoms with Crippen LogP contribution >= 0.6 is 15.9 Å². The summed E-state index contributed by atoms with van der Waals surface area (Å²) >= 11 is 3.28. The van der Waals surface area contributed by atoms with E-state index in [9.17, 15) is 0 Å². The van der Waals surface area contributed by atoms with Crippen LogP contribution in [0.4, 0.5) is 5.69 Å². The monoisotopic (exact) mass is 242 g/mol. The summed E-state index contributed by atoms with van der Waals surface area (Å²) in [5.74, 6) is 0.573. The van der Waals surface area contributed by atoms with Crippen molar-refractivity contribution in [3.63, 3.8) is 0 Å². The molecule has 0 radical (unpaired) electrons. The summed E-state index contributed by atoms with van der Waals surface area (Å²) in [6, 6.07) is 3.51. The zero-order valence-corrected chi connectivity index (χ0v) is 8.91. The van der Waals surface area contributed by atoms with Gasteiger partial charge in [-0.1, -0.05) is 22.0 Å². The van der Waals surface area contributed by atoms with Crippen LogP contribution in [-0.4, -0.2) is 17.4 Å². The quantitative estimate of drug-likeness (QED) is 0.827. The lowest BCUT2D eigenvalue weighted by atomic mass is 10.3. The Labute approximate surface area is 85.7 Å². The van der Waals surface area contributed by atoms with Crippen molar-refractivity contribution in [1.82, 2.24) is 4.98 Å². The highest BCUT2D eigenvalue weighted by molar-refractivity contribution is 9.09. The van der Waals surface area contributed by atoms with Crippen LogP contribution < -0.4 is 10.5 Å². The molecule has 0 aliphatic rings. The van der Waals surface area contributed by atoms with Crippen LogP contribution in [0.25, 0.3) is 6.08 Å². The fraction of sp³-hybridized carbons (Fsp3) is 0.222. The Bertz CT molecular complexity index is 312. The maximum atomic E-state index is 5.70. The third kappa shape index (κ3) is 2.73. The summed E-state index contributed by atoms with van der Waals surface area (Å²) in [6.45, 7) is 0. The van der Waals surface area contributed by atoms with Crippen LogP contribution in [0, 0.1) is 0 Å². The van der Waals surface area contributed by atoms with Crippen LogP contribution in [0.2, 0.25) is 0 Å². The van der Waals surface area contributed by atoms with Gasteiger partial charge in [-0.3, -0.25) is 0 Å². The third-order valence-electron chi connectivity index (χ3n) is 1.51. The Morgan fingerprint density at radius 2 is 2.38 bits per heavy atom. The Hall–Kier alpha value is -1.03. The Kier molecular flexibility index (Phi) is 3.76. The van der Waals surface area contributed by atoms with Crippen molar-refractivity contribution in [3.05, 3.63) is 23.9 Å². The van der Waals surface area contributed by atoms with E-state index in [1.54, 1.807) is 19.2 Å². The Balaban J connectivity index is 2.97. The summed E-state index contributed by atoms with van der Waals surface area (Å²) in [5, 5.41) is 0.783. The first-order valence-electron chi connectivity index (χ1n) is 3.81. The smallest absolute Gasteiger partial charge is 0.213 e. The highest BCUT2D eigenvalue weighted by Crippen LogP contribution is 2.15. The van der Waals surface area contributed by atoms with E-state index in [0.717, 1.165) is 11.0 Å². The van der Waals surface area contributed by atoms with Crippen LogP contribution in [0.3, 0.4) is 0 Å². The minimum absolute atomic E-state index is 0.573. The van der Waals surface area contributed by atoms with Crippen molar-refractivity contribution in [3.8, 4) is 5.88 Å². The van der Waals surface area contributed by atoms with Gasteiger partial charge in [-0.2, -0.15) is 0 Å². The van der Waals surface area contributed by atoms with Crippen LogP contribution in [0.1, 0.15) is 5.69 Å². The second kappa shape index (κ2) is 4.87. The van der Waals surface area contributed by atoms with Gasteiger partial charge in [-0.15, -0.1) is 0 Å². The van der Waals surface area contributed by atoms with Gasteiger partial charge in [0.1, 0.15) is 0 Å². The van der Waals surface area contributed by atoms with Crippen molar-refractivity contribution in [2.24, 2.45) is 0 Å². The molecule has 3 nitrogen and oxygen atoms in total. The zero-order chi connectivity index (χ0) is 9.68.